The average molecular weight is 484 g/mol. The maximum atomic E-state index is 13.4. The van der Waals surface area contributed by atoms with Gasteiger partial charge in [-0.15, -0.1) is 0 Å². The molecule has 1 atom stereocenters. The molecule has 2 aliphatic rings. The molecule has 4 amide bonds. The van der Waals surface area contributed by atoms with Gasteiger partial charge in [-0.1, -0.05) is 6.07 Å². The second-order valence-electron chi connectivity index (χ2n) is 8.85. The smallest absolute Gasteiger partial charge is 0.323 e. The molecule has 2 aromatic rings. The molecule has 1 saturated heterocycles. The fourth-order valence-corrected chi connectivity index (χ4v) is 4.53. The predicted molar refractivity (Wildman–Crippen MR) is 128 cm³/mol. The van der Waals surface area contributed by atoms with Gasteiger partial charge in [-0.3, -0.25) is 14.5 Å². The van der Waals surface area contributed by atoms with Crippen LogP contribution >= 0.6 is 0 Å². The fourth-order valence-electron chi connectivity index (χ4n) is 4.53. The Hall–Kier alpha value is -3.66. The summed E-state index contributed by atoms with van der Waals surface area (Å²) in [5.41, 5.74) is 6.72. The van der Waals surface area contributed by atoms with E-state index in [9.17, 15) is 18.8 Å². The van der Waals surface area contributed by atoms with Crippen molar-refractivity contribution in [2.24, 2.45) is 5.73 Å². The number of carbonyl (C=O) groups excluding carboxylic acids is 3. The quantitative estimate of drug-likeness (QED) is 0.604. The van der Waals surface area contributed by atoms with Crippen LogP contribution in [0.3, 0.4) is 0 Å². The highest BCUT2D eigenvalue weighted by molar-refractivity contribution is 6.00. The molecule has 2 aromatic carbocycles. The molecule has 4 rings (SSSR count). The zero-order valence-electron chi connectivity index (χ0n) is 19.6. The normalized spacial score (nSPS) is 22.0. The van der Waals surface area contributed by atoms with Crippen molar-refractivity contribution in [2.75, 3.05) is 25.5 Å². The van der Waals surface area contributed by atoms with Gasteiger partial charge in [0.25, 0.3) is 11.8 Å². The van der Waals surface area contributed by atoms with Crippen LogP contribution in [0, 0.1) is 5.82 Å². The van der Waals surface area contributed by atoms with E-state index in [-0.39, 0.29) is 31.1 Å². The number of methoxy groups -OCH3 is 1. The van der Waals surface area contributed by atoms with Crippen LogP contribution in [0.2, 0.25) is 0 Å². The van der Waals surface area contributed by atoms with E-state index >= 15 is 0 Å². The van der Waals surface area contributed by atoms with Gasteiger partial charge in [0.05, 0.1) is 7.11 Å². The topological polar surface area (TPSA) is 117 Å². The molecule has 35 heavy (non-hydrogen) atoms. The molecule has 2 fully saturated rings. The van der Waals surface area contributed by atoms with E-state index in [2.05, 4.69) is 10.6 Å². The number of ether oxygens (including phenoxy) is 1. The third-order valence-electron chi connectivity index (χ3n) is 6.46. The molecule has 9 nitrogen and oxygen atoms in total. The highest BCUT2D eigenvalue weighted by atomic mass is 19.1. The first kappa shape index (κ1) is 24.5. The van der Waals surface area contributed by atoms with E-state index < -0.39 is 23.9 Å². The van der Waals surface area contributed by atoms with E-state index in [4.69, 9.17) is 10.5 Å². The highest BCUT2D eigenvalue weighted by Gasteiger charge is 2.43. The van der Waals surface area contributed by atoms with Gasteiger partial charge in [-0.25, -0.2) is 9.18 Å². The molecule has 0 bridgehead atoms. The Kier molecular flexibility index (Phi) is 7.50. The average Bonchev–Trinajstić information content (AvgIpc) is 3.32. The van der Waals surface area contributed by atoms with Gasteiger partial charge in [0.1, 0.15) is 11.6 Å². The van der Waals surface area contributed by atoms with Crippen LogP contribution < -0.4 is 21.1 Å². The van der Waals surface area contributed by atoms with Gasteiger partial charge >= 0.3 is 6.03 Å². The van der Waals surface area contributed by atoms with Gasteiger partial charge in [0.15, 0.2) is 6.17 Å². The summed E-state index contributed by atoms with van der Waals surface area (Å²) in [6, 6.07) is 11.5. The summed E-state index contributed by atoms with van der Waals surface area (Å²) in [4.78, 5) is 42.7. The standard InChI is InChI=1S/C25H30FN5O4/c1-35-21-4-2-3-16(15-21)24(33)30-13-14-31(25(34)29-20-9-5-17(26)6-10-20)23(30)22(32)28-19-11-7-18(27)8-12-19/h2-6,9-10,15,18-19,23H,7-8,11-14,27H2,1H3,(H,28,32)(H,29,34). The number of nitrogens with zero attached hydrogens (tertiary/aromatic N) is 2. The lowest BCUT2D eigenvalue weighted by Crippen LogP contribution is -2.56. The van der Waals surface area contributed by atoms with Gasteiger partial charge in [-0.2, -0.15) is 0 Å². The minimum absolute atomic E-state index is 0.0707. The van der Waals surface area contributed by atoms with E-state index in [1.165, 1.54) is 41.2 Å². The van der Waals surface area contributed by atoms with E-state index in [0.717, 1.165) is 25.7 Å². The van der Waals surface area contributed by atoms with Crippen molar-refractivity contribution in [2.45, 2.75) is 43.9 Å². The van der Waals surface area contributed by atoms with Crippen LogP contribution in [-0.4, -0.2) is 66.1 Å². The Morgan fingerprint density at radius 1 is 1.00 bits per heavy atom. The summed E-state index contributed by atoms with van der Waals surface area (Å²) in [6.07, 6.45) is 1.95. The summed E-state index contributed by atoms with van der Waals surface area (Å²) in [7, 11) is 1.51. The van der Waals surface area contributed by atoms with Crippen LogP contribution in [0.15, 0.2) is 48.5 Å². The lowest BCUT2D eigenvalue weighted by atomic mass is 9.92. The molecule has 4 N–H and O–H groups in total. The lowest BCUT2D eigenvalue weighted by molar-refractivity contribution is -0.128. The monoisotopic (exact) mass is 483 g/mol. The number of halogens is 1. The number of carbonyl (C=O) groups is 3. The van der Waals surface area contributed by atoms with Crippen LogP contribution in [0.1, 0.15) is 36.0 Å². The lowest BCUT2D eigenvalue weighted by Gasteiger charge is -2.32. The summed E-state index contributed by atoms with van der Waals surface area (Å²) in [5, 5.41) is 5.70. The third kappa shape index (κ3) is 5.71. The molecule has 0 radical (unpaired) electrons. The van der Waals surface area contributed by atoms with Gasteiger partial charge in [0, 0.05) is 36.4 Å². The third-order valence-corrected chi connectivity index (χ3v) is 6.46. The maximum Gasteiger partial charge on any atom is 0.323 e. The fraction of sp³-hybridized carbons (Fsp3) is 0.400. The minimum Gasteiger partial charge on any atom is -0.497 e. The Morgan fingerprint density at radius 3 is 2.37 bits per heavy atom. The van der Waals surface area contributed by atoms with Gasteiger partial charge in [0.2, 0.25) is 0 Å². The molecule has 1 aliphatic heterocycles. The van der Waals surface area contributed by atoms with Gasteiger partial charge < -0.3 is 26.0 Å². The van der Waals surface area contributed by atoms with Crippen molar-refractivity contribution in [3.05, 3.63) is 59.9 Å². The Balaban J connectivity index is 1.56. The minimum atomic E-state index is -1.13. The maximum absolute atomic E-state index is 13.4. The van der Waals surface area contributed by atoms with Crippen molar-refractivity contribution < 1.29 is 23.5 Å². The number of rotatable bonds is 5. The number of benzene rings is 2. The molecular weight excluding hydrogens is 453 g/mol. The molecule has 1 unspecified atom stereocenters. The molecule has 0 spiro atoms. The zero-order chi connectivity index (χ0) is 24.9. The molecule has 1 aliphatic carbocycles. The summed E-state index contributed by atoms with van der Waals surface area (Å²) < 4.78 is 18.5. The van der Waals surface area contributed by atoms with Crippen LogP contribution in [-0.2, 0) is 4.79 Å². The van der Waals surface area contributed by atoms with E-state index in [1.807, 2.05) is 0 Å². The van der Waals surface area contributed by atoms with Crippen molar-refractivity contribution in [1.82, 2.24) is 15.1 Å². The summed E-state index contributed by atoms with van der Waals surface area (Å²) in [6.45, 7) is 0.344. The molecular formula is C25H30FN5O4. The second-order valence-corrected chi connectivity index (χ2v) is 8.85. The van der Waals surface area contributed by atoms with Gasteiger partial charge in [-0.05, 0) is 68.1 Å². The predicted octanol–water partition coefficient (Wildman–Crippen LogP) is 2.54. The van der Waals surface area contributed by atoms with Crippen LogP contribution in [0.4, 0.5) is 14.9 Å². The summed E-state index contributed by atoms with van der Waals surface area (Å²) >= 11 is 0. The Morgan fingerprint density at radius 2 is 1.69 bits per heavy atom. The number of hydrogen-bond acceptors (Lipinski definition) is 5. The summed E-state index contributed by atoms with van der Waals surface area (Å²) in [5.74, 6) is -0.718. The first-order valence-corrected chi connectivity index (χ1v) is 11.7. The molecule has 1 saturated carbocycles. The highest BCUT2D eigenvalue weighted by Crippen LogP contribution is 2.24. The molecule has 0 aromatic heterocycles. The number of urea groups is 1. The zero-order valence-corrected chi connectivity index (χ0v) is 19.6. The first-order valence-electron chi connectivity index (χ1n) is 11.7. The number of nitrogens with one attached hydrogen (secondary N) is 2. The van der Waals surface area contributed by atoms with Crippen molar-refractivity contribution in [1.29, 1.82) is 0 Å². The number of anilines is 1. The molecule has 10 heteroatoms. The van der Waals surface area contributed by atoms with E-state index in [0.29, 0.717) is 17.0 Å². The number of nitrogens with two attached hydrogens (primary N) is 1. The van der Waals surface area contributed by atoms with Crippen molar-refractivity contribution >= 4 is 23.5 Å². The Labute approximate surface area is 203 Å². The molecule has 186 valence electrons. The SMILES string of the molecule is COc1cccc(C(=O)N2CCN(C(=O)Nc3ccc(F)cc3)C2C(=O)NC2CCC(N)CC2)c1. The Bertz CT molecular complexity index is 1070. The number of amides is 4. The first-order chi connectivity index (χ1) is 16.9. The van der Waals surface area contributed by atoms with Crippen LogP contribution in [0.5, 0.6) is 5.75 Å². The van der Waals surface area contributed by atoms with E-state index in [1.54, 1.807) is 24.3 Å². The van der Waals surface area contributed by atoms with Crippen LogP contribution in [0.25, 0.3) is 0 Å². The van der Waals surface area contributed by atoms with Crippen molar-refractivity contribution in [3.63, 3.8) is 0 Å². The largest absolute Gasteiger partial charge is 0.497 e. The van der Waals surface area contributed by atoms with Crippen molar-refractivity contribution in [3.8, 4) is 5.75 Å². The second kappa shape index (κ2) is 10.7. The molecule has 1 heterocycles. The number of hydrogen-bond donors (Lipinski definition) is 3.